The van der Waals surface area contributed by atoms with Crippen molar-refractivity contribution in [1.82, 2.24) is 0 Å². The van der Waals surface area contributed by atoms with Crippen molar-refractivity contribution in [2.24, 2.45) is 0 Å². The van der Waals surface area contributed by atoms with Crippen molar-refractivity contribution in [2.75, 3.05) is 6.61 Å². The smallest absolute Gasteiger partial charge is 0.457 e. The average Bonchev–Trinajstić information content (AvgIpc) is 3.01. The van der Waals surface area contributed by atoms with Gasteiger partial charge in [0.15, 0.2) is 0 Å². The Balaban J connectivity index is 1.41. The fourth-order valence-electron chi connectivity index (χ4n) is 5.07. The van der Waals surface area contributed by atoms with Crippen molar-refractivity contribution in [3.8, 4) is 11.5 Å². The van der Waals surface area contributed by atoms with Gasteiger partial charge in [-0.3, -0.25) is 0 Å². The third-order valence-electron chi connectivity index (χ3n) is 7.79. The number of rotatable bonds is 14. The molecule has 1 aliphatic rings. The van der Waals surface area contributed by atoms with Crippen LogP contribution < -0.4 is 9.47 Å². The van der Waals surface area contributed by atoms with Gasteiger partial charge in [0, 0.05) is 5.56 Å². The molecule has 0 amide bonds. The molecule has 0 spiro atoms. The summed E-state index contributed by atoms with van der Waals surface area (Å²) in [5.41, 5.74) is 8.44. The summed E-state index contributed by atoms with van der Waals surface area (Å²) in [4.78, 5) is 12.3. The predicted molar refractivity (Wildman–Crippen MR) is 180 cm³/mol. The normalized spacial score (nSPS) is 12.1. The van der Waals surface area contributed by atoms with Gasteiger partial charge in [-0.05, 0) is 127 Å². The third kappa shape index (κ3) is 8.26. The molecule has 1 aliphatic carbocycles. The second kappa shape index (κ2) is 14.6. The molecule has 3 aromatic rings. The summed E-state index contributed by atoms with van der Waals surface area (Å²) in [6.45, 7) is 24.5. The number of carbonyl (C=O) groups excluding carboxylic acids is 1. The summed E-state index contributed by atoms with van der Waals surface area (Å²) >= 11 is 0. The van der Waals surface area contributed by atoms with Crippen molar-refractivity contribution >= 4 is 34.2 Å². The van der Waals surface area contributed by atoms with Crippen LogP contribution in [0.15, 0.2) is 104 Å². The Morgan fingerprint density at radius 1 is 0.907 bits per heavy atom. The zero-order valence-electron chi connectivity index (χ0n) is 25.6. The van der Waals surface area contributed by atoms with Gasteiger partial charge in [-0.25, -0.2) is 4.79 Å². The number of unbranched alkanes of at least 4 members (excludes halogenated alkanes) is 2. The summed E-state index contributed by atoms with van der Waals surface area (Å²) in [5.74, 6) is 1.59. The Kier molecular flexibility index (Phi) is 10.6. The number of benzene rings is 3. The number of ether oxygens (including phenoxy) is 3. The van der Waals surface area contributed by atoms with Crippen LogP contribution in [0.4, 0.5) is 4.79 Å². The molecule has 43 heavy (non-hydrogen) atoms. The molecule has 222 valence electrons. The Bertz CT molecular complexity index is 1620. The van der Waals surface area contributed by atoms with Crippen LogP contribution in [0.5, 0.6) is 11.5 Å². The molecule has 0 bridgehead atoms. The molecule has 4 nitrogen and oxygen atoms in total. The number of hydrogen-bond acceptors (Lipinski definition) is 4. The van der Waals surface area contributed by atoms with E-state index in [0.717, 1.165) is 71.9 Å². The minimum atomic E-state index is -0.726. The molecular weight excluding hydrogens is 532 g/mol. The van der Waals surface area contributed by atoms with Gasteiger partial charge in [-0.1, -0.05) is 75.2 Å². The fourth-order valence-corrected chi connectivity index (χ4v) is 5.07. The van der Waals surface area contributed by atoms with Crippen molar-refractivity contribution in [1.29, 1.82) is 0 Å². The van der Waals surface area contributed by atoms with Gasteiger partial charge in [0.2, 0.25) is 0 Å². The van der Waals surface area contributed by atoms with Gasteiger partial charge in [-0.2, -0.15) is 0 Å². The SMILES string of the molecule is C=CC(=C)CCCCCOC(=O)Oc1ccc(OC(=C)C2=Cc3cc4ccc(C(=C)C)cc4cc3CC2)c(C(=C)CC)c1. The van der Waals surface area contributed by atoms with Gasteiger partial charge in [0.05, 0.1) is 6.61 Å². The molecule has 4 heteroatoms. The molecular formula is C39H42O4. The zero-order valence-corrected chi connectivity index (χ0v) is 25.6. The second-order valence-corrected chi connectivity index (χ2v) is 11.1. The first kappa shape index (κ1) is 31.4. The molecule has 0 radical (unpaired) electrons. The summed E-state index contributed by atoms with van der Waals surface area (Å²) in [6.07, 6.45) is 9.25. The van der Waals surface area contributed by atoms with Crippen LogP contribution in [-0.2, 0) is 11.2 Å². The summed E-state index contributed by atoms with van der Waals surface area (Å²) in [6, 6.07) is 16.3. The minimum Gasteiger partial charge on any atom is -0.457 e. The van der Waals surface area contributed by atoms with E-state index in [1.807, 2.05) is 13.8 Å². The van der Waals surface area contributed by atoms with Crippen LogP contribution in [0.25, 0.3) is 28.0 Å². The van der Waals surface area contributed by atoms with Crippen molar-refractivity contribution in [3.63, 3.8) is 0 Å². The Morgan fingerprint density at radius 3 is 2.47 bits per heavy atom. The maximum atomic E-state index is 12.3. The Hall–Kier alpha value is -4.57. The molecule has 0 saturated carbocycles. The summed E-state index contributed by atoms with van der Waals surface area (Å²) < 4.78 is 17.1. The average molecular weight is 575 g/mol. The molecule has 3 aromatic carbocycles. The van der Waals surface area contributed by atoms with E-state index in [9.17, 15) is 4.79 Å². The number of carbonyl (C=O) groups is 1. The number of hydrogen-bond donors (Lipinski definition) is 0. The molecule has 0 aromatic heterocycles. The first-order chi connectivity index (χ1) is 20.7. The number of fused-ring (bicyclic) bond motifs is 2. The monoisotopic (exact) mass is 574 g/mol. The molecule has 0 atom stereocenters. The van der Waals surface area contributed by atoms with Crippen LogP contribution in [0.2, 0.25) is 0 Å². The predicted octanol–water partition coefficient (Wildman–Crippen LogP) is 11.0. The van der Waals surface area contributed by atoms with Gasteiger partial charge in [0.25, 0.3) is 0 Å². The highest BCUT2D eigenvalue weighted by atomic mass is 16.7. The van der Waals surface area contributed by atoms with Crippen LogP contribution in [-0.4, -0.2) is 12.8 Å². The lowest BCUT2D eigenvalue weighted by atomic mass is 9.88. The molecule has 0 saturated heterocycles. The number of allylic oxidation sites excluding steroid dienone is 5. The van der Waals surface area contributed by atoms with E-state index >= 15 is 0 Å². The van der Waals surface area contributed by atoms with E-state index in [4.69, 9.17) is 14.2 Å². The summed E-state index contributed by atoms with van der Waals surface area (Å²) in [7, 11) is 0. The minimum absolute atomic E-state index is 0.304. The van der Waals surface area contributed by atoms with Crippen molar-refractivity contribution < 1.29 is 19.0 Å². The first-order valence-corrected chi connectivity index (χ1v) is 15.0. The standard InChI is InChI=1S/C39H42O4/c1-8-27(5)13-11-10-12-20-41-39(40)43-36-18-19-38(37(25-36)28(6)9-2)42-29(7)31-15-17-33-23-34-21-30(26(3)4)14-16-32(34)24-35(33)22-31/h8,14,16,18-19,21-25H,1,3,5-7,9-13,15,17,20H2,2,4H3. The second-order valence-electron chi connectivity index (χ2n) is 11.1. The van der Waals surface area contributed by atoms with E-state index in [2.05, 4.69) is 69.3 Å². The van der Waals surface area contributed by atoms with E-state index < -0.39 is 6.16 Å². The largest absolute Gasteiger partial charge is 0.513 e. The number of aryl methyl sites for hydroxylation is 1. The van der Waals surface area contributed by atoms with Gasteiger partial charge in [0.1, 0.15) is 17.3 Å². The highest BCUT2D eigenvalue weighted by Gasteiger charge is 2.18. The van der Waals surface area contributed by atoms with Crippen LogP contribution in [0.1, 0.15) is 74.6 Å². The maximum Gasteiger partial charge on any atom is 0.513 e. The third-order valence-corrected chi connectivity index (χ3v) is 7.79. The zero-order chi connectivity index (χ0) is 30.9. The van der Waals surface area contributed by atoms with Gasteiger partial charge < -0.3 is 14.2 Å². The lowest BCUT2D eigenvalue weighted by molar-refractivity contribution is 0.0973. The van der Waals surface area contributed by atoms with Gasteiger partial charge >= 0.3 is 6.16 Å². The van der Waals surface area contributed by atoms with Crippen LogP contribution in [0, 0.1) is 0 Å². The molecule has 0 N–H and O–H groups in total. The highest BCUT2D eigenvalue weighted by molar-refractivity contribution is 5.89. The Labute approximate surface area is 256 Å². The molecule has 0 aliphatic heterocycles. The molecule has 0 unspecified atom stereocenters. The van der Waals surface area contributed by atoms with Crippen molar-refractivity contribution in [3.05, 3.63) is 127 Å². The lowest BCUT2D eigenvalue weighted by Crippen LogP contribution is -2.12. The van der Waals surface area contributed by atoms with E-state index in [0.29, 0.717) is 30.3 Å². The maximum absolute atomic E-state index is 12.3. The fraction of sp³-hybridized carbons (Fsp3) is 0.256. The van der Waals surface area contributed by atoms with E-state index in [1.165, 1.54) is 21.9 Å². The van der Waals surface area contributed by atoms with Crippen molar-refractivity contribution in [2.45, 2.75) is 58.8 Å². The van der Waals surface area contributed by atoms with Crippen LogP contribution in [0.3, 0.4) is 0 Å². The molecule has 0 fully saturated rings. The summed E-state index contributed by atoms with van der Waals surface area (Å²) in [5, 5.41) is 2.42. The Morgan fingerprint density at radius 2 is 1.72 bits per heavy atom. The topological polar surface area (TPSA) is 44.8 Å². The highest BCUT2D eigenvalue weighted by Crippen LogP contribution is 2.36. The van der Waals surface area contributed by atoms with E-state index in [-0.39, 0.29) is 0 Å². The quantitative estimate of drug-likeness (QED) is 0.0631. The lowest BCUT2D eigenvalue weighted by Gasteiger charge is -2.21. The van der Waals surface area contributed by atoms with Crippen LogP contribution >= 0.6 is 0 Å². The van der Waals surface area contributed by atoms with Gasteiger partial charge in [-0.15, -0.1) is 0 Å². The molecule has 4 rings (SSSR count). The first-order valence-electron chi connectivity index (χ1n) is 15.0. The van der Waals surface area contributed by atoms with E-state index in [1.54, 1.807) is 24.3 Å². The molecule has 0 heterocycles.